The Balaban J connectivity index is 2.63. The first-order valence-corrected chi connectivity index (χ1v) is 7.08. The van der Waals surface area contributed by atoms with Crippen LogP contribution in [0.1, 0.15) is 38.1 Å². The van der Waals surface area contributed by atoms with Gasteiger partial charge >= 0.3 is 0 Å². The molecular formula is C17H21NO3. The number of hydrogen-bond acceptors (Lipinski definition) is 3. The molecule has 0 radical (unpaired) electrons. The molecule has 0 aliphatic rings. The third kappa shape index (κ3) is 3.45. The Kier molecular flexibility index (Phi) is 4.36. The lowest BCUT2D eigenvalue weighted by atomic mass is 10.0. The second-order valence-corrected chi connectivity index (χ2v) is 5.52. The monoisotopic (exact) mass is 287 g/mol. The zero-order valence-electron chi connectivity index (χ0n) is 12.8. The zero-order chi connectivity index (χ0) is 15.6. The number of nitrogens with two attached hydrogens (primary N) is 1. The van der Waals surface area contributed by atoms with Gasteiger partial charge in [-0.05, 0) is 51.3 Å². The van der Waals surface area contributed by atoms with Crippen LogP contribution in [-0.2, 0) is 0 Å². The number of hydrogen-bond donors (Lipinski definition) is 1. The van der Waals surface area contributed by atoms with E-state index in [0.717, 1.165) is 16.5 Å². The summed E-state index contributed by atoms with van der Waals surface area (Å²) in [5, 5.41) is 1.81. The van der Waals surface area contributed by atoms with Gasteiger partial charge in [0.1, 0.15) is 11.5 Å². The van der Waals surface area contributed by atoms with Crippen LogP contribution in [0, 0.1) is 0 Å². The van der Waals surface area contributed by atoms with E-state index in [1.807, 2.05) is 52.0 Å². The highest BCUT2D eigenvalue weighted by Crippen LogP contribution is 2.33. The average molecular weight is 287 g/mol. The van der Waals surface area contributed by atoms with Gasteiger partial charge in [0.2, 0.25) is 0 Å². The topological polar surface area (TPSA) is 61.5 Å². The lowest BCUT2D eigenvalue weighted by Crippen LogP contribution is -2.15. The second kappa shape index (κ2) is 6.04. The fourth-order valence-corrected chi connectivity index (χ4v) is 2.17. The molecule has 21 heavy (non-hydrogen) atoms. The van der Waals surface area contributed by atoms with E-state index in [-0.39, 0.29) is 12.2 Å². The van der Waals surface area contributed by atoms with Gasteiger partial charge in [0.15, 0.2) is 0 Å². The van der Waals surface area contributed by atoms with E-state index in [2.05, 4.69) is 0 Å². The standard InChI is InChI=1S/C17H21NO3/c1-10(2)20-13-7-5-12-6-8-14(17(18)19)16(15(12)9-13)21-11(3)4/h5-11H,1-4H3,(H2,18,19). The molecule has 0 bridgehead atoms. The summed E-state index contributed by atoms with van der Waals surface area (Å²) in [5.41, 5.74) is 5.84. The number of ether oxygens (including phenoxy) is 2. The molecule has 0 aliphatic heterocycles. The van der Waals surface area contributed by atoms with Crippen molar-refractivity contribution in [1.82, 2.24) is 0 Å². The van der Waals surface area contributed by atoms with E-state index in [0.29, 0.717) is 11.3 Å². The molecule has 0 aromatic heterocycles. The van der Waals surface area contributed by atoms with Crippen LogP contribution in [0.4, 0.5) is 0 Å². The first-order chi connectivity index (χ1) is 9.88. The van der Waals surface area contributed by atoms with Crippen molar-refractivity contribution in [2.45, 2.75) is 39.9 Å². The van der Waals surface area contributed by atoms with Crippen LogP contribution in [0.15, 0.2) is 30.3 Å². The Bertz CT molecular complexity index is 662. The quantitative estimate of drug-likeness (QED) is 0.915. The smallest absolute Gasteiger partial charge is 0.252 e. The third-order valence-electron chi connectivity index (χ3n) is 2.93. The summed E-state index contributed by atoms with van der Waals surface area (Å²) in [7, 11) is 0. The average Bonchev–Trinajstić information content (AvgIpc) is 2.37. The van der Waals surface area contributed by atoms with Crippen molar-refractivity contribution in [3.05, 3.63) is 35.9 Å². The highest BCUT2D eigenvalue weighted by atomic mass is 16.5. The third-order valence-corrected chi connectivity index (χ3v) is 2.93. The predicted molar refractivity (Wildman–Crippen MR) is 84.0 cm³/mol. The molecule has 2 aromatic rings. The molecule has 2 aromatic carbocycles. The minimum absolute atomic E-state index is 0.0524. The Morgan fingerprint density at radius 2 is 1.62 bits per heavy atom. The molecule has 4 nitrogen and oxygen atoms in total. The fourth-order valence-electron chi connectivity index (χ4n) is 2.17. The van der Waals surface area contributed by atoms with Gasteiger partial charge in [-0.2, -0.15) is 0 Å². The maximum atomic E-state index is 11.6. The van der Waals surface area contributed by atoms with Crippen LogP contribution in [-0.4, -0.2) is 18.1 Å². The van der Waals surface area contributed by atoms with E-state index in [1.54, 1.807) is 6.07 Å². The molecule has 0 saturated carbocycles. The van der Waals surface area contributed by atoms with Gasteiger partial charge in [0.25, 0.3) is 5.91 Å². The van der Waals surface area contributed by atoms with Crippen molar-refractivity contribution in [1.29, 1.82) is 0 Å². The van der Waals surface area contributed by atoms with Crippen LogP contribution in [0.3, 0.4) is 0 Å². The van der Waals surface area contributed by atoms with Crippen LogP contribution >= 0.6 is 0 Å². The van der Waals surface area contributed by atoms with Crippen molar-refractivity contribution in [3.8, 4) is 11.5 Å². The maximum absolute atomic E-state index is 11.6. The van der Waals surface area contributed by atoms with Crippen LogP contribution in [0.5, 0.6) is 11.5 Å². The minimum atomic E-state index is -0.497. The summed E-state index contributed by atoms with van der Waals surface area (Å²) < 4.78 is 11.5. The van der Waals surface area contributed by atoms with Crippen molar-refractivity contribution < 1.29 is 14.3 Å². The number of fused-ring (bicyclic) bond motifs is 1. The Hall–Kier alpha value is -2.23. The van der Waals surface area contributed by atoms with Crippen LogP contribution in [0.2, 0.25) is 0 Å². The second-order valence-electron chi connectivity index (χ2n) is 5.52. The van der Waals surface area contributed by atoms with Crippen molar-refractivity contribution >= 4 is 16.7 Å². The van der Waals surface area contributed by atoms with E-state index >= 15 is 0 Å². The van der Waals surface area contributed by atoms with Gasteiger partial charge in [-0.15, -0.1) is 0 Å². The highest BCUT2D eigenvalue weighted by molar-refractivity contribution is 6.03. The van der Waals surface area contributed by atoms with Gasteiger partial charge in [-0.3, -0.25) is 4.79 Å². The molecular weight excluding hydrogens is 266 g/mol. The van der Waals surface area contributed by atoms with Crippen molar-refractivity contribution in [2.75, 3.05) is 0 Å². The molecule has 0 heterocycles. The normalized spacial score (nSPS) is 11.1. The molecule has 0 spiro atoms. The highest BCUT2D eigenvalue weighted by Gasteiger charge is 2.15. The van der Waals surface area contributed by atoms with Crippen molar-refractivity contribution in [3.63, 3.8) is 0 Å². The molecule has 0 aliphatic carbocycles. The molecule has 4 heteroatoms. The van der Waals surface area contributed by atoms with E-state index in [4.69, 9.17) is 15.2 Å². The summed E-state index contributed by atoms with van der Waals surface area (Å²) in [6, 6.07) is 9.31. The number of primary amides is 1. The van der Waals surface area contributed by atoms with Gasteiger partial charge in [-0.25, -0.2) is 0 Å². The number of amides is 1. The van der Waals surface area contributed by atoms with Gasteiger partial charge in [0.05, 0.1) is 17.8 Å². The van der Waals surface area contributed by atoms with Crippen LogP contribution < -0.4 is 15.2 Å². The number of carbonyl (C=O) groups excluding carboxylic acids is 1. The van der Waals surface area contributed by atoms with Gasteiger partial charge in [0, 0.05) is 5.39 Å². The molecule has 0 atom stereocenters. The summed E-state index contributed by atoms with van der Waals surface area (Å²) >= 11 is 0. The molecule has 112 valence electrons. The number of rotatable bonds is 5. The zero-order valence-corrected chi connectivity index (χ0v) is 12.8. The van der Waals surface area contributed by atoms with Crippen LogP contribution in [0.25, 0.3) is 10.8 Å². The van der Waals surface area contributed by atoms with Crippen molar-refractivity contribution in [2.24, 2.45) is 5.73 Å². The molecule has 2 rings (SSSR count). The number of carbonyl (C=O) groups is 1. The Labute approximate surface area is 124 Å². The summed E-state index contributed by atoms with van der Waals surface area (Å²) in [6.45, 7) is 7.77. The Morgan fingerprint density at radius 3 is 2.19 bits per heavy atom. The Morgan fingerprint density at radius 1 is 1.00 bits per heavy atom. The lowest BCUT2D eigenvalue weighted by Gasteiger charge is -2.17. The minimum Gasteiger partial charge on any atom is -0.491 e. The molecule has 1 amide bonds. The molecule has 0 fully saturated rings. The summed E-state index contributed by atoms with van der Waals surface area (Å²) in [6.07, 6.45) is 0.0274. The largest absolute Gasteiger partial charge is 0.491 e. The van der Waals surface area contributed by atoms with E-state index in [1.165, 1.54) is 0 Å². The summed E-state index contributed by atoms with van der Waals surface area (Å²) in [4.78, 5) is 11.6. The molecule has 2 N–H and O–H groups in total. The predicted octanol–water partition coefficient (Wildman–Crippen LogP) is 3.51. The molecule has 0 saturated heterocycles. The number of benzene rings is 2. The summed E-state index contributed by atoms with van der Waals surface area (Å²) in [5.74, 6) is 0.764. The van der Waals surface area contributed by atoms with Gasteiger partial charge < -0.3 is 15.2 Å². The van der Waals surface area contributed by atoms with E-state index < -0.39 is 5.91 Å². The maximum Gasteiger partial charge on any atom is 0.252 e. The molecule has 0 unspecified atom stereocenters. The fraction of sp³-hybridized carbons (Fsp3) is 0.353. The SMILES string of the molecule is CC(C)Oc1ccc2ccc(C(N)=O)c(OC(C)C)c2c1. The lowest BCUT2D eigenvalue weighted by molar-refractivity contribution is 0.0995. The van der Waals surface area contributed by atoms with E-state index in [9.17, 15) is 4.79 Å². The first kappa shape index (κ1) is 15.2. The first-order valence-electron chi connectivity index (χ1n) is 7.08. The van der Waals surface area contributed by atoms with Gasteiger partial charge in [-0.1, -0.05) is 12.1 Å².